The second kappa shape index (κ2) is 8.40. The van der Waals surface area contributed by atoms with Crippen LogP contribution in [0.4, 0.5) is 17.1 Å². The second-order valence-corrected chi connectivity index (χ2v) is 6.15. The number of aryl methyl sites for hydroxylation is 2. The molecule has 0 aliphatic rings. The lowest BCUT2D eigenvalue weighted by molar-refractivity contribution is -0.384. The summed E-state index contributed by atoms with van der Waals surface area (Å²) in [4.78, 5) is 18.1. The fourth-order valence-electron chi connectivity index (χ4n) is 2.44. The van der Waals surface area contributed by atoms with Crippen LogP contribution in [-0.2, 0) is 0 Å². The highest BCUT2D eigenvalue weighted by atomic mass is 16.6. The lowest BCUT2D eigenvalue weighted by Gasteiger charge is -2.11. The van der Waals surface area contributed by atoms with Gasteiger partial charge in [-0.15, -0.1) is 5.11 Å². The molecule has 1 aromatic heterocycles. The van der Waals surface area contributed by atoms with Crippen molar-refractivity contribution >= 4 is 17.1 Å². The summed E-state index contributed by atoms with van der Waals surface area (Å²) < 4.78 is 5.27. The quantitative estimate of drug-likeness (QED) is 0.275. The maximum atomic E-state index is 10.6. The van der Waals surface area contributed by atoms with Crippen molar-refractivity contribution < 1.29 is 19.9 Å². The number of nitro groups is 1. The molecular weight excluding hydrogens is 378 g/mol. The molecule has 2 N–H and O–H groups in total. The van der Waals surface area contributed by atoms with Crippen LogP contribution in [0.25, 0.3) is 0 Å². The third kappa shape index (κ3) is 4.87. The van der Waals surface area contributed by atoms with E-state index in [9.17, 15) is 20.3 Å². The Labute approximate surface area is 165 Å². The number of aromatic hydroxyl groups is 1. The van der Waals surface area contributed by atoms with Crippen molar-refractivity contribution in [2.75, 3.05) is 0 Å². The molecule has 0 fully saturated rings. The van der Waals surface area contributed by atoms with Gasteiger partial charge in [0.05, 0.1) is 23.0 Å². The number of hydrogen-bond donors (Lipinski definition) is 2. The van der Waals surface area contributed by atoms with Crippen molar-refractivity contribution in [3.63, 3.8) is 0 Å². The average molecular weight is 395 g/mol. The monoisotopic (exact) mass is 395 g/mol. The van der Waals surface area contributed by atoms with Crippen LogP contribution in [0.1, 0.15) is 23.2 Å². The topological polar surface area (TPSA) is 143 Å². The minimum atomic E-state index is -1.45. The van der Waals surface area contributed by atoms with Crippen LogP contribution in [0.2, 0.25) is 0 Å². The second-order valence-electron chi connectivity index (χ2n) is 6.15. The van der Waals surface area contributed by atoms with E-state index in [2.05, 4.69) is 20.2 Å². The Bertz CT molecular complexity index is 1030. The zero-order valence-electron chi connectivity index (χ0n) is 15.6. The Morgan fingerprint density at radius 2 is 1.59 bits per heavy atom. The SMILES string of the molecule is Cc1cc(/N=N/c2cnc(C(O)Oc3ccc([N+](=O)[O-])cc3)nc2)cc(C)c1O. The number of phenols is 1. The van der Waals surface area contributed by atoms with E-state index < -0.39 is 11.2 Å². The Kier molecular flexibility index (Phi) is 5.74. The van der Waals surface area contributed by atoms with Crippen LogP contribution < -0.4 is 4.74 Å². The van der Waals surface area contributed by atoms with E-state index in [-0.39, 0.29) is 23.0 Å². The van der Waals surface area contributed by atoms with Crippen LogP contribution >= 0.6 is 0 Å². The van der Waals surface area contributed by atoms with Crippen LogP contribution in [0.15, 0.2) is 59.0 Å². The molecule has 1 atom stereocenters. The summed E-state index contributed by atoms with van der Waals surface area (Å²) in [6, 6.07) is 8.65. The van der Waals surface area contributed by atoms with Gasteiger partial charge in [0.1, 0.15) is 17.2 Å². The molecule has 0 amide bonds. The van der Waals surface area contributed by atoms with Gasteiger partial charge in [-0.2, -0.15) is 5.11 Å². The van der Waals surface area contributed by atoms with Gasteiger partial charge in [0.25, 0.3) is 12.0 Å². The number of non-ortho nitro benzene ring substituents is 1. The molecule has 10 heteroatoms. The number of aromatic nitrogens is 2. The highest BCUT2D eigenvalue weighted by molar-refractivity contribution is 5.51. The van der Waals surface area contributed by atoms with Gasteiger partial charge in [-0.25, -0.2) is 9.97 Å². The Balaban J connectivity index is 1.67. The molecule has 3 aromatic rings. The number of azo groups is 1. The van der Waals surface area contributed by atoms with Crippen molar-refractivity contribution in [1.82, 2.24) is 9.97 Å². The van der Waals surface area contributed by atoms with E-state index in [0.29, 0.717) is 22.5 Å². The first-order chi connectivity index (χ1) is 13.8. The summed E-state index contributed by atoms with van der Waals surface area (Å²) in [5.41, 5.74) is 2.23. The van der Waals surface area contributed by atoms with Crippen molar-refractivity contribution in [1.29, 1.82) is 0 Å². The first-order valence-corrected chi connectivity index (χ1v) is 8.46. The molecule has 148 valence electrons. The smallest absolute Gasteiger partial charge is 0.269 e. The van der Waals surface area contributed by atoms with Gasteiger partial charge in [0, 0.05) is 12.1 Å². The number of nitrogens with zero attached hydrogens (tertiary/aromatic N) is 5. The number of aliphatic hydroxyl groups excluding tert-OH is 1. The van der Waals surface area contributed by atoms with Crippen LogP contribution in [0.3, 0.4) is 0 Å². The molecule has 0 spiro atoms. The van der Waals surface area contributed by atoms with E-state index in [4.69, 9.17) is 4.74 Å². The molecule has 0 saturated heterocycles. The normalized spacial score (nSPS) is 12.1. The van der Waals surface area contributed by atoms with Crippen molar-refractivity contribution in [3.05, 3.63) is 75.9 Å². The van der Waals surface area contributed by atoms with E-state index in [0.717, 1.165) is 0 Å². The van der Waals surface area contributed by atoms with Crippen molar-refractivity contribution in [2.24, 2.45) is 10.2 Å². The van der Waals surface area contributed by atoms with Crippen LogP contribution in [-0.4, -0.2) is 25.1 Å². The number of phenolic OH excluding ortho intramolecular Hbond substituents is 1. The van der Waals surface area contributed by atoms with Gasteiger partial charge in [0.2, 0.25) is 0 Å². The first kappa shape index (κ1) is 19.8. The minimum absolute atomic E-state index is 0.00127. The van der Waals surface area contributed by atoms with Gasteiger partial charge >= 0.3 is 0 Å². The number of hydrogen-bond acceptors (Lipinski definition) is 9. The van der Waals surface area contributed by atoms with Crippen molar-refractivity contribution in [2.45, 2.75) is 20.1 Å². The highest BCUT2D eigenvalue weighted by Crippen LogP contribution is 2.28. The van der Waals surface area contributed by atoms with Gasteiger partial charge < -0.3 is 14.9 Å². The first-order valence-electron chi connectivity index (χ1n) is 8.46. The number of ether oxygens (including phenoxy) is 1. The molecule has 0 aliphatic heterocycles. The number of rotatable bonds is 6. The van der Waals surface area contributed by atoms with Crippen LogP contribution in [0, 0.1) is 24.0 Å². The Morgan fingerprint density at radius 1 is 1.03 bits per heavy atom. The summed E-state index contributed by atoms with van der Waals surface area (Å²) in [6.07, 6.45) is 1.28. The zero-order valence-corrected chi connectivity index (χ0v) is 15.6. The predicted molar refractivity (Wildman–Crippen MR) is 102 cm³/mol. The number of aliphatic hydroxyl groups is 1. The molecule has 0 aliphatic carbocycles. The van der Waals surface area contributed by atoms with Gasteiger partial charge in [-0.1, -0.05) is 0 Å². The molecule has 0 radical (unpaired) electrons. The van der Waals surface area contributed by atoms with Gasteiger partial charge in [-0.05, 0) is 49.2 Å². The molecule has 0 bridgehead atoms. The average Bonchev–Trinajstić information content (AvgIpc) is 2.71. The van der Waals surface area contributed by atoms with E-state index >= 15 is 0 Å². The number of nitro benzene ring substituents is 1. The predicted octanol–water partition coefficient (Wildman–Crippen LogP) is 4.19. The third-order valence-corrected chi connectivity index (χ3v) is 3.93. The summed E-state index contributed by atoms with van der Waals surface area (Å²) in [6.45, 7) is 3.54. The maximum absolute atomic E-state index is 10.6. The Morgan fingerprint density at radius 3 is 2.14 bits per heavy atom. The van der Waals surface area contributed by atoms with Gasteiger partial charge in [-0.3, -0.25) is 10.1 Å². The molecule has 10 nitrogen and oxygen atoms in total. The molecule has 2 aromatic carbocycles. The highest BCUT2D eigenvalue weighted by Gasteiger charge is 2.14. The third-order valence-electron chi connectivity index (χ3n) is 3.93. The maximum Gasteiger partial charge on any atom is 0.269 e. The van der Waals surface area contributed by atoms with E-state index in [1.807, 2.05) is 0 Å². The minimum Gasteiger partial charge on any atom is -0.507 e. The lowest BCUT2D eigenvalue weighted by atomic mass is 10.1. The van der Waals surface area contributed by atoms with Crippen molar-refractivity contribution in [3.8, 4) is 11.5 Å². The van der Waals surface area contributed by atoms with E-state index in [1.165, 1.54) is 36.7 Å². The molecule has 29 heavy (non-hydrogen) atoms. The number of benzene rings is 2. The van der Waals surface area contributed by atoms with E-state index in [1.54, 1.807) is 26.0 Å². The zero-order chi connectivity index (χ0) is 21.0. The summed E-state index contributed by atoms with van der Waals surface area (Å²) in [5.74, 6) is 0.450. The van der Waals surface area contributed by atoms with Crippen LogP contribution in [0.5, 0.6) is 11.5 Å². The Hall–Kier alpha value is -3.92. The molecule has 0 saturated carbocycles. The van der Waals surface area contributed by atoms with Gasteiger partial charge in [0.15, 0.2) is 5.82 Å². The summed E-state index contributed by atoms with van der Waals surface area (Å²) in [7, 11) is 0. The molecular formula is C19H17N5O5. The standard InChI is InChI=1S/C19H17N5O5/c1-11-7-13(8-12(2)17(11)25)22-23-14-9-20-18(21-10-14)19(26)29-16-5-3-15(4-6-16)24(27)28/h3-10,19,25-26H,1-2H3/b23-22+. The molecule has 3 rings (SSSR count). The lowest BCUT2D eigenvalue weighted by Crippen LogP contribution is -2.10. The fourth-order valence-corrected chi connectivity index (χ4v) is 2.44. The largest absolute Gasteiger partial charge is 0.507 e. The summed E-state index contributed by atoms with van der Waals surface area (Å²) >= 11 is 0. The summed E-state index contributed by atoms with van der Waals surface area (Å²) in [5, 5.41) is 38.6. The molecule has 1 heterocycles. The molecule has 1 unspecified atom stereocenters. The fraction of sp³-hybridized carbons (Fsp3) is 0.158.